The van der Waals surface area contributed by atoms with Crippen LogP contribution in [0.5, 0.6) is 0 Å². The maximum Gasteiger partial charge on any atom is 0.224 e. The highest BCUT2D eigenvalue weighted by Crippen LogP contribution is 2.19. The number of hydrogen-bond acceptors (Lipinski definition) is 3. The summed E-state index contributed by atoms with van der Waals surface area (Å²) in [6, 6.07) is 16.1. The largest absolute Gasteiger partial charge is 0.334 e. The number of hydrogen-bond donors (Lipinski definition) is 0. The van der Waals surface area contributed by atoms with Crippen LogP contribution in [0.25, 0.3) is 0 Å². The minimum atomic E-state index is 0.217. The van der Waals surface area contributed by atoms with Crippen molar-refractivity contribution in [2.75, 3.05) is 13.1 Å². The Bertz CT molecular complexity index is 707. The molecule has 1 saturated heterocycles. The Kier molecular flexibility index (Phi) is 6.05. The molecule has 0 bridgehead atoms. The molecule has 0 N–H and O–H groups in total. The van der Waals surface area contributed by atoms with E-state index in [1.54, 1.807) is 6.07 Å². The SMILES string of the molecule is CC[C@@H]1CN(Cc2cccc(Cl)n2)CCC(=O)N1Cc1ccccc1. The van der Waals surface area contributed by atoms with Crippen LogP contribution in [-0.2, 0) is 17.9 Å². The normalized spacial score (nSPS) is 19.0. The fraction of sp³-hybridized carbons (Fsp3) is 0.400. The summed E-state index contributed by atoms with van der Waals surface area (Å²) < 4.78 is 0. The van der Waals surface area contributed by atoms with Gasteiger partial charge in [0.2, 0.25) is 5.91 Å². The molecule has 2 aromatic rings. The highest BCUT2D eigenvalue weighted by Gasteiger charge is 2.28. The third kappa shape index (κ3) is 4.80. The number of benzene rings is 1. The Morgan fingerprint density at radius 1 is 1.12 bits per heavy atom. The average Bonchev–Trinajstić information content (AvgIpc) is 2.76. The topological polar surface area (TPSA) is 36.4 Å². The van der Waals surface area contributed by atoms with Gasteiger partial charge in [-0.2, -0.15) is 0 Å². The van der Waals surface area contributed by atoms with E-state index >= 15 is 0 Å². The van der Waals surface area contributed by atoms with E-state index in [0.717, 1.165) is 31.7 Å². The highest BCUT2D eigenvalue weighted by atomic mass is 35.5. The fourth-order valence-electron chi connectivity index (χ4n) is 3.35. The lowest BCUT2D eigenvalue weighted by Crippen LogP contribution is -2.42. The molecule has 0 unspecified atom stereocenters. The Hall–Kier alpha value is -1.91. The second-order valence-electron chi connectivity index (χ2n) is 6.51. The quantitative estimate of drug-likeness (QED) is 0.765. The van der Waals surface area contributed by atoms with Crippen molar-refractivity contribution >= 4 is 17.5 Å². The first-order valence-corrected chi connectivity index (χ1v) is 9.20. The molecule has 1 atom stereocenters. The summed E-state index contributed by atoms with van der Waals surface area (Å²) in [5.41, 5.74) is 2.13. The van der Waals surface area contributed by atoms with E-state index < -0.39 is 0 Å². The van der Waals surface area contributed by atoms with Crippen LogP contribution < -0.4 is 0 Å². The number of carbonyl (C=O) groups is 1. The van der Waals surface area contributed by atoms with E-state index in [-0.39, 0.29) is 11.9 Å². The lowest BCUT2D eigenvalue weighted by atomic mass is 10.1. The number of rotatable bonds is 5. The second kappa shape index (κ2) is 8.45. The molecule has 1 aromatic heterocycles. The van der Waals surface area contributed by atoms with Crippen LogP contribution in [0.4, 0.5) is 0 Å². The first-order valence-electron chi connectivity index (χ1n) is 8.83. The summed E-state index contributed by atoms with van der Waals surface area (Å²) in [6.07, 6.45) is 1.49. The molecule has 4 nitrogen and oxygen atoms in total. The number of aromatic nitrogens is 1. The van der Waals surface area contributed by atoms with Gasteiger partial charge in [-0.25, -0.2) is 4.98 Å². The number of halogens is 1. The van der Waals surface area contributed by atoms with Gasteiger partial charge in [0.15, 0.2) is 0 Å². The zero-order chi connectivity index (χ0) is 17.6. The minimum Gasteiger partial charge on any atom is -0.334 e. The molecule has 0 saturated carbocycles. The Balaban J connectivity index is 1.72. The third-order valence-corrected chi connectivity index (χ3v) is 4.91. The summed E-state index contributed by atoms with van der Waals surface area (Å²) in [5.74, 6) is 0.234. The van der Waals surface area contributed by atoms with Crippen LogP contribution in [0.3, 0.4) is 0 Å². The van der Waals surface area contributed by atoms with Crippen LogP contribution in [0.2, 0.25) is 5.15 Å². The van der Waals surface area contributed by atoms with E-state index in [1.807, 2.05) is 35.2 Å². The third-order valence-electron chi connectivity index (χ3n) is 4.70. The van der Waals surface area contributed by atoms with Gasteiger partial charge < -0.3 is 4.90 Å². The lowest BCUT2D eigenvalue weighted by Gasteiger charge is -2.31. The van der Waals surface area contributed by atoms with Gasteiger partial charge in [0.05, 0.1) is 5.69 Å². The Labute approximate surface area is 154 Å². The molecule has 0 aliphatic carbocycles. The molecule has 0 radical (unpaired) electrons. The van der Waals surface area contributed by atoms with E-state index in [4.69, 9.17) is 11.6 Å². The van der Waals surface area contributed by atoms with Crippen molar-refractivity contribution in [1.29, 1.82) is 0 Å². The highest BCUT2D eigenvalue weighted by molar-refractivity contribution is 6.29. The van der Waals surface area contributed by atoms with Gasteiger partial charge in [-0.1, -0.05) is 54.9 Å². The molecule has 0 spiro atoms. The van der Waals surface area contributed by atoms with Crippen LogP contribution in [-0.4, -0.2) is 39.8 Å². The molecular weight excluding hydrogens is 334 g/mol. The van der Waals surface area contributed by atoms with Gasteiger partial charge in [0.1, 0.15) is 5.15 Å². The monoisotopic (exact) mass is 357 g/mol. The summed E-state index contributed by atoms with van der Waals surface area (Å²) in [7, 11) is 0. The molecule has 3 rings (SSSR count). The predicted molar refractivity (Wildman–Crippen MR) is 100 cm³/mol. The molecule has 5 heteroatoms. The average molecular weight is 358 g/mol. The molecule has 2 heterocycles. The van der Waals surface area contributed by atoms with Gasteiger partial charge >= 0.3 is 0 Å². The smallest absolute Gasteiger partial charge is 0.224 e. The van der Waals surface area contributed by atoms with E-state index in [1.165, 1.54) is 5.56 Å². The standard InChI is InChI=1S/C20H24ClN3O/c1-2-18-15-23(14-17-9-6-10-19(21)22-17)12-11-20(25)24(18)13-16-7-4-3-5-8-16/h3-10,18H,2,11-15H2,1H3/t18-/m1/s1. The van der Waals surface area contributed by atoms with E-state index in [0.29, 0.717) is 18.1 Å². The van der Waals surface area contributed by atoms with Crippen molar-refractivity contribution in [3.8, 4) is 0 Å². The number of nitrogens with zero attached hydrogens (tertiary/aromatic N) is 3. The molecule has 1 aromatic carbocycles. The minimum absolute atomic E-state index is 0.217. The molecular formula is C20H24ClN3O. The van der Waals surface area contributed by atoms with Crippen molar-refractivity contribution in [1.82, 2.24) is 14.8 Å². The van der Waals surface area contributed by atoms with Gasteiger partial charge in [0.25, 0.3) is 0 Å². The zero-order valence-corrected chi connectivity index (χ0v) is 15.3. The summed E-state index contributed by atoms with van der Waals surface area (Å²) in [6.45, 7) is 5.18. The number of pyridine rings is 1. The van der Waals surface area contributed by atoms with Crippen LogP contribution >= 0.6 is 11.6 Å². The first-order chi connectivity index (χ1) is 12.2. The number of amides is 1. The number of carbonyl (C=O) groups excluding carboxylic acids is 1. The maximum absolute atomic E-state index is 12.7. The van der Waals surface area contributed by atoms with Crippen molar-refractivity contribution in [3.63, 3.8) is 0 Å². The van der Waals surface area contributed by atoms with Gasteiger partial charge in [-0.05, 0) is 24.1 Å². The van der Waals surface area contributed by atoms with Crippen molar-refractivity contribution in [2.24, 2.45) is 0 Å². The fourth-order valence-corrected chi connectivity index (χ4v) is 3.53. The molecule has 132 valence electrons. The van der Waals surface area contributed by atoms with E-state index in [2.05, 4.69) is 28.9 Å². The summed E-state index contributed by atoms with van der Waals surface area (Å²) >= 11 is 6.00. The van der Waals surface area contributed by atoms with E-state index in [9.17, 15) is 4.79 Å². The van der Waals surface area contributed by atoms with Crippen molar-refractivity contribution < 1.29 is 4.79 Å². The van der Waals surface area contributed by atoms with Gasteiger partial charge in [0, 0.05) is 38.6 Å². The first kappa shape index (κ1) is 17.9. The van der Waals surface area contributed by atoms with Gasteiger partial charge in [-0.15, -0.1) is 0 Å². The molecule has 1 aliphatic rings. The molecule has 1 amide bonds. The van der Waals surface area contributed by atoms with Crippen molar-refractivity contribution in [3.05, 3.63) is 64.9 Å². The summed E-state index contributed by atoms with van der Waals surface area (Å²) in [4.78, 5) is 21.4. The lowest BCUT2D eigenvalue weighted by molar-refractivity contribution is -0.133. The van der Waals surface area contributed by atoms with Gasteiger partial charge in [-0.3, -0.25) is 9.69 Å². The maximum atomic E-state index is 12.7. The second-order valence-corrected chi connectivity index (χ2v) is 6.89. The van der Waals surface area contributed by atoms with Crippen LogP contribution in [0, 0.1) is 0 Å². The van der Waals surface area contributed by atoms with Crippen molar-refractivity contribution in [2.45, 2.75) is 38.9 Å². The Morgan fingerprint density at radius 3 is 2.64 bits per heavy atom. The zero-order valence-electron chi connectivity index (χ0n) is 14.6. The molecule has 1 aliphatic heterocycles. The molecule has 1 fully saturated rings. The van der Waals surface area contributed by atoms with Crippen LogP contribution in [0.15, 0.2) is 48.5 Å². The molecule has 25 heavy (non-hydrogen) atoms. The predicted octanol–water partition coefficient (Wildman–Crippen LogP) is 3.75. The van der Waals surface area contributed by atoms with Crippen LogP contribution in [0.1, 0.15) is 31.0 Å². The Morgan fingerprint density at radius 2 is 1.92 bits per heavy atom. The summed E-state index contributed by atoms with van der Waals surface area (Å²) in [5, 5.41) is 0.515.